The fourth-order valence-corrected chi connectivity index (χ4v) is 5.45. The topological polar surface area (TPSA) is 97.8 Å². The van der Waals surface area contributed by atoms with Crippen molar-refractivity contribution in [3.05, 3.63) is 39.7 Å². The zero-order chi connectivity index (χ0) is 21.5. The molecule has 1 aliphatic carbocycles. The van der Waals surface area contributed by atoms with E-state index >= 15 is 0 Å². The smallest absolute Gasteiger partial charge is 0.267 e. The van der Waals surface area contributed by atoms with Crippen LogP contribution in [0.3, 0.4) is 0 Å². The van der Waals surface area contributed by atoms with Crippen molar-refractivity contribution >= 4 is 16.8 Å². The van der Waals surface area contributed by atoms with E-state index in [9.17, 15) is 14.7 Å². The van der Waals surface area contributed by atoms with Gasteiger partial charge in [-0.3, -0.25) is 9.59 Å². The van der Waals surface area contributed by atoms with Crippen molar-refractivity contribution in [1.29, 1.82) is 0 Å². The largest absolute Gasteiger partial charge is 0.506 e. The molecule has 2 saturated heterocycles. The van der Waals surface area contributed by atoms with Crippen LogP contribution in [0.4, 0.5) is 0 Å². The van der Waals surface area contributed by atoms with E-state index in [1.165, 1.54) is 0 Å². The molecule has 1 amide bonds. The van der Waals surface area contributed by atoms with Crippen molar-refractivity contribution in [3.63, 3.8) is 0 Å². The Bertz CT molecular complexity index is 1040. The molecule has 31 heavy (non-hydrogen) atoms. The number of hydrogen-bond donors (Lipinski definition) is 2. The summed E-state index contributed by atoms with van der Waals surface area (Å²) in [6.07, 6.45) is 6.10. The van der Waals surface area contributed by atoms with Crippen LogP contribution in [0.1, 0.15) is 66.4 Å². The van der Waals surface area contributed by atoms with Crippen LogP contribution in [0.2, 0.25) is 0 Å². The first-order chi connectivity index (χ1) is 15.0. The molecule has 1 saturated carbocycles. The third-order valence-electron chi connectivity index (χ3n) is 7.28. The molecule has 0 spiro atoms. The van der Waals surface area contributed by atoms with Crippen LogP contribution < -0.4 is 11.3 Å². The Morgan fingerprint density at radius 3 is 2.45 bits per heavy atom. The lowest BCUT2D eigenvalue weighted by molar-refractivity contribution is 0.0488. The quantitative estimate of drug-likeness (QED) is 0.768. The van der Waals surface area contributed by atoms with Crippen molar-refractivity contribution in [2.45, 2.75) is 50.5 Å². The Hall–Kier alpha value is -2.38. The van der Waals surface area contributed by atoms with Gasteiger partial charge in [0.05, 0.1) is 5.52 Å². The summed E-state index contributed by atoms with van der Waals surface area (Å²) in [5, 5.41) is 11.6. The summed E-state index contributed by atoms with van der Waals surface area (Å²) >= 11 is 0. The molecule has 2 aromatic rings. The van der Waals surface area contributed by atoms with E-state index in [2.05, 4.69) is 4.90 Å². The number of primary amides is 1. The summed E-state index contributed by atoms with van der Waals surface area (Å²) in [5.41, 5.74) is 6.51. The van der Waals surface area contributed by atoms with E-state index < -0.39 is 11.5 Å². The Morgan fingerprint density at radius 1 is 1.10 bits per heavy atom. The Morgan fingerprint density at radius 2 is 1.81 bits per heavy atom. The molecule has 3 N–H and O–H groups in total. The zero-order valence-electron chi connectivity index (χ0n) is 17.9. The predicted molar refractivity (Wildman–Crippen MR) is 119 cm³/mol. The molecular weight excluding hydrogens is 394 g/mol. The SMILES string of the molecule is NC(=O)c1c(O)c2c(C3CCN(CC4CCOCC4)CC3)cccc2n(C2CC2)c1=O. The van der Waals surface area contributed by atoms with E-state index in [4.69, 9.17) is 10.5 Å². The first-order valence-corrected chi connectivity index (χ1v) is 11.5. The molecular formula is C24H31N3O4. The maximum atomic E-state index is 12.9. The number of carbonyl (C=O) groups is 1. The zero-order valence-corrected chi connectivity index (χ0v) is 17.9. The Balaban J connectivity index is 1.45. The van der Waals surface area contributed by atoms with E-state index in [-0.39, 0.29) is 23.3 Å². The molecule has 0 atom stereocenters. The highest BCUT2D eigenvalue weighted by atomic mass is 16.5. The number of benzene rings is 1. The minimum absolute atomic E-state index is 0.0882. The molecule has 1 aromatic carbocycles. The van der Waals surface area contributed by atoms with Gasteiger partial charge in [-0.05, 0) is 75.1 Å². The lowest BCUT2D eigenvalue weighted by atomic mass is 9.85. The highest BCUT2D eigenvalue weighted by Gasteiger charge is 2.32. The maximum Gasteiger partial charge on any atom is 0.267 e. The van der Waals surface area contributed by atoms with Gasteiger partial charge in [-0.25, -0.2) is 0 Å². The van der Waals surface area contributed by atoms with E-state index in [1.54, 1.807) is 4.57 Å². The van der Waals surface area contributed by atoms with E-state index in [1.807, 2.05) is 18.2 Å². The normalized spacial score (nSPS) is 21.5. The van der Waals surface area contributed by atoms with Gasteiger partial charge in [-0.1, -0.05) is 12.1 Å². The van der Waals surface area contributed by atoms with Gasteiger partial charge >= 0.3 is 0 Å². The second-order valence-corrected chi connectivity index (χ2v) is 9.37. The molecule has 2 aliphatic heterocycles. The third-order valence-corrected chi connectivity index (χ3v) is 7.28. The molecule has 7 heteroatoms. The fraction of sp³-hybridized carbons (Fsp3) is 0.583. The van der Waals surface area contributed by atoms with Crippen LogP contribution in [-0.4, -0.2) is 53.3 Å². The lowest BCUT2D eigenvalue weighted by Gasteiger charge is -2.36. The summed E-state index contributed by atoms with van der Waals surface area (Å²) in [4.78, 5) is 27.5. The standard InChI is InChI=1S/C24H31N3O4/c25-23(29)21-22(28)20-18(2-1-3-19(20)27(24(21)30)17-4-5-17)16-6-10-26(11-7-16)14-15-8-12-31-13-9-15/h1-3,15-17,28H,4-14H2,(H2,25,29). The van der Waals surface area contributed by atoms with Crippen LogP contribution in [0.25, 0.3) is 10.9 Å². The van der Waals surface area contributed by atoms with Crippen molar-refractivity contribution < 1.29 is 14.6 Å². The number of aromatic hydroxyl groups is 1. The lowest BCUT2D eigenvalue weighted by Crippen LogP contribution is -2.38. The number of carbonyl (C=O) groups excluding carboxylic acids is 1. The first-order valence-electron chi connectivity index (χ1n) is 11.5. The van der Waals surface area contributed by atoms with Crippen LogP contribution in [0.5, 0.6) is 5.75 Å². The van der Waals surface area contributed by atoms with Crippen LogP contribution in [0, 0.1) is 5.92 Å². The monoisotopic (exact) mass is 425 g/mol. The number of ether oxygens (including phenoxy) is 1. The van der Waals surface area contributed by atoms with Crippen molar-refractivity contribution in [3.8, 4) is 5.75 Å². The van der Waals surface area contributed by atoms with Gasteiger partial charge in [0.25, 0.3) is 11.5 Å². The number of hydrogen-bond acceptors (Lipinski definition) is 5. The minimum atomic E-state index is -0.861. The first kappa shape index (κ1) is 20.5. The van der Waals surface area contributed by atoms with Crippen LogP contribution in [-0.2, 0) is 4.74 Å². The Kier molecular flexibility index (Phi) is 5.48. The molecule has 0 radical (unpaired) electrons. The number of pyridine rings is 1. The molecule has 3 fully saturated rings. The number of piperidine rings is 1. The number of fused-ring (bicyclic) bond motifs is 1. The summed E-state index contributed by atoms with van der Waals surface area (Å²) in [5.74, 6) is -0.103. The second kappa shape index (κ2) is 8.28. The number of nitrogens with zero attached hydrogens (tertiary/aromatic N) is 2. The molecule has 5 rings (SSSR count). The van der Waals surface area contributed by atoms with Gasteiger partial charge in [0, 0.05) is 31.2 Å². The highest BCUT2D eigenvalue weighted by Crippen LogP contribution is 2.42. The highest BCUT2D eigenvalue weighted by molar-refractivity contribution is 6.02. The molecule has 0 unspecified atom stereocenters. The van der Waals surface area contributed by atoms with Crippen LogP contribution >= 0.6 is 0 Å². The average Bonchev–Trinajstić information content (AvgIpc) is 3.59. The molecule has 3 heterocycles. The van der Waals surface area contributed by atoms with Crippen molar-refractivity contribution in [1.82, 2.24) is 9.47 Å². The van der Waals surface area contributed by atoms with Gasteiger partial charge in [-0.2, -0.15) is 0 Å². The maximum absolute atomic E-state index is 12.9. The molecule has 1 aromatic heterocycles. The average molecular weight is 426 g/mol. The molecule has 7 nitrogen and oxygen atoms in total. The van der Waals surface area contributed by atoms with Gasteiger partial charge < -0.3 is 25.0 Å². The van der Waals surface area contributed by atoms with Crippen LogP contribution in [0.15, 0.2) is 23.0 Å². The van der Waals surface area contributed by atoms with Crippen molar-refractivity contribution in [2.75, 3.05) is 32.8 Å². The Labute approximate surface area is 181 Å². The number of nitrogens with two attached hydrogens (primary N) is 1. The number of aromatic nitrogens is 1. The van der Waals surface area contributed by atoms with E-state index in [0.717, 1.165) is 88.4 Å². The summed E-state index contributed by atoms with van der Waals surface area (Å²) in [6, 6.07) is 5.97. The van der Waals surface area contributed by atoms with Gasteiger partial charge in [-0.15, -0.1) is 0 Å². The fourth-order valence-electron chi connectivity index (χ4n) is 5.45. The third kappa shape index (κ3) is 3.85. The predicted octanol–water partition coefficient (Wildman–Crippen LogP) is 2.75. The minimum Gasteiger partial charge on any atom is -0.506 e. The molecule has 0 bridgehead atoms. The van der Waals surface area contributed by atoms with Gasteiger partial charge in [0.1, 0.15) is 11.3 Å². The van der Waals surface area contributed by atoms with Crippen molar-refractivity contribution in [2.24, 2.45) is 11.7 Å². The van der Waals surface area contributed by atoms with Gasteiger partial charge in [0.15, 0.2) is 0 Å². The number of likely N-dealkylation sites (tertiary alicyclic amines) is 1. The van der Waals surface area contributed by atoms with E-state index in [0.29, 0.717) is 5.39 Å². The molecule has 166 valence electrons. The summed E-state index contributed by atoms with van der Waals surface area (Å²) in [6.45, 7) is 4.92. The number of rotatable bonds is 5. The molecule has 3 aliphatic rings. The second-order valence-electron chi connectivity index (χ2n) is 9.37. The summed E-state index contributed by atoms with van der Waals surface area (Å²) in [7, 11) is 0. The number of amides is 1. The summed E-state index contributed by atoms with van der Waals surface area (Å²) < 4.78 is 7.16. The van der Waals surface area contributed by atoms with Gasteiger partial charge in [0.2, 0.25) is 0 Å².